The molecule has 0 aliphatic carbocycles. The Morgan fingerprint density at radius 2 is 1.92 bits per heavy atom. The zero-order valence-corrected chi connectivity index (χ0v) is 14.9. The molecular formula is C19H19FN2O2S. The molecular weight excluding hydrogens is 339 g/mol. The molecule has 1 heterocycles. The Bertz CT molecular complexity index is 942. The van der Waals surface area contributed by atoms with Crippen molar-refractivity contribution in [2.24, 2.45) is 0 Å². The van der Waals surface area contributed by atoms with E-state index in [1.54, 1.807) is 35.9 Å². The third-order valence-electron chi connectivity index (χ3n) is 3.94. The number of ether oxygens (including phenoxy) is 1. The zero-order valence-electron chi connectivity index (χ0n) is 14.1. The van der Waals surface area contributed by atoms with Gasteiger partial charge in [0.2, 0.25) is 0 Å². The molecule has 0 radical (unpaired) electrons. The van der Waals surface area contributed by atoms with Gasteiger partial charge in [0.1, 0.15) is 5.82 Å². The number of aromatic nitrogens is 2. The Morgan fingerprint density at radius 3 is 2.68 bits per heavy atom. The molecule has 0 spiro atoms. The summed E-state index contributed by atoms with van der Waals surface area (Å²) in [4.78, 5) is 17.6. The number of methoxy groups -OCH3 is 1. The summed E-state index contributed by atoms with van der Waals surface area (Å²) in [5.74, 6) is 0.145. The highest BCUT2D eigenvalue weighted by Gasteiger charge is 2.17. The number of hydrogen-bond donors (Lipinski definition) is 0. The fraction of sp³-hybridized carbons (Fsp3) is 0.263. The molecule has 0 aliphatic rings. The van der Waals surface area contributed by atoms with Crippen molar-refractivity contribution < 1.29 is 9.13 Å². The van der Waals surface area contributed by atoms with Crippen LogP contribution in [0.1, 0.15) is 18.5 Å². The lowest BCUT2D eigenvalue weighted by molar-refractivity contribution is 0.156. The lowest BCUT2D eigenvalue weighted by Crippen LogP contribution is -2.28. The van der Waals surface area contributed by atoms with Crippen LogP contribution in [0.15, 0.2) is 58.5 Å². The van der Waals surface area contributed by atoms with E-state index in [9.17, 15) is 9.18 Å². The molecule has 0 saturated heterocycles. The van der Waals surface area contributed by atoms with Crippen molar-refractivity contribution in [2.75, 3.05) is 13.7 Å². The highest BCUT2D eigenvalue weighted by Crippen LogP contribution is 2.25. The molecule has 130 valence electrons. The Morgan fingerprint density at radius 1 is 1.20 bits per heavy atom. The summed E-state index contributed by atoms with van der Waals surface area (Å²) in [6.45, 7) is 2.31. The summed E-state index contributed by atoms with van der Waals surface area (Å²) < 4.78 is 20.7. The first-order chi connectivity index (χ1) is 12.1. The molecule has 0 fully saturated rings. The van der Waals surface area contributed by atoms with Gasteiger partial charge in [-0.3, -0.25) is 9.36 Å². The number of halogens is 1. The zero-order chi connectivity index (χ0) is 17.8. The van der Waals surface area contributed by atoms with E-state index in [0.717, 1.165) is 0 Å². The minimum atomic E-state index is -0.255. The number of para-hydroxylation sites is 1. The van der Waals surface area contributed by atoms with Crippen molar-refractivity contribution >= 4 is 22.7 Å². The highest BCUT2D eigenvalue weighted by atomic mass is 32.2. The molecule has 3 aromatic rings. The Kier molecular flexibility index (Phi) is 5.50. The van der Waals surface area contributed by atoms with Crippen LogP contribution in [0.25, 0.3) is 10.9 Å². The van der Waals surface area contributed by atoms with Gasteiger partial charge in [-0.25, -0.2) is 9.37 Å². The molecule has 1 atom stereocenters. The summed E-state index contributed by atoms with van der Waals surface area (Å²) in [5.41, 5.74) is 1.12. The van der Waals surface area contributed by atoms with E-state index in [0.29, 0.717) is 34.0 Å². The first kappa shape index (κ1) is 17.6. The lowest BCUT2D eigenvalue weighted by Gasteiger charge is -2.19. The van der Waals surface area contributed by atoms with Crippen molar-refractivity contribution in [1.29, 1.82) is 0 Å². The van der Waals surface area contributed by atoms with E-state index >= 15 is 0 Å². The van der Waals surface area contributed by atoms with Gasteiger partial charge in [0.05, 0.1) is 23.6 Å². The van der Waals surface area contributed by atoms with Crippen molar-refractivity contribution in [3.05, 3.63) is 70.3 Å². The molecule has 25 heavy (non-hydrogen) atoms. The average Bonchev–Trinajstić information content (AvgIpc) is 2.61. The van der Waals surface area contributed by atoms with Gasteiger partial charge >= 0.3 is 0 Å². The number of thioether (sulfide) groups is 1. The third kappa shape index (κ3) is 3.75. The van der Waals surface area contributed by atoms with Gasteiger partial charge in [-0.15, -0.1) is 0 Å². The molecule has 0 aliphatic heterocycles. The summed E-state index contributed by atoms with van der Waals surface area (Å²) in [5, 5.41) is 1.14. The Hall–Kier alpha value is -2.18. The van der Waals surface area contributed by atoms with Crippen LogP contribution in [0.5, 0.6) is 0 Å². The van der Waals surface area contributed by atoms with Gasteiger partial charge < -0.3 is 4.74 Å². The minimum Gasteiger partial charge on any atom is -0.383 e. The largest absolute Gasteiger partial charge is 0.383 e. The van der Waals surface area contributed by atoms with Crippen LogP contribution in [0.3, 0.4) is 0 Å². The second kappa shape index (κ2) is 7.80. The molecule has 1 aromatic heterocycles. The van der Waals surface area contributed by atoms with Crippen LogP contribution in [0, 0.1) is 5.82 Å². The number of fused-ring (bicyclic) bond motifs is 1. The maximum absolute atomic E-state index is 13.9. The monoisotopic (exact) mass is 358 g/mol. The van der Waals surface area contributed by atoms with Crippen molar-refractivity contribution in [3.8, 4) is 0 Å². The lowest BCUT2D eigenvalue weighted by atomic mass is 10.2. The molecule has 0 amide bonds. The van der Waals surface area contributed by atoms with Gasteiger partial charge in [-0.2, -0.15) is 0 Å². The van der Waals surface area contributed by atoms with Crippen LogP contribution in [0.4, 0.5) is 4.39 Å². The first-order valence-electron chi connectivity index (χ1n) is 7.98. The quantitative estimate of drug-likeness (QED) is 0.493. The van der Waals surface area contributed by atoms with E-state index in [1.165, 1.54) is 17.8 Å². The molecule has 0 N–H and O–H groups in total. The van der Waals surface area contributed by atoms with E-state index in [1.807, 2.05) is 25.1 Å². The fourth-order valence-electron chi connectivity index (χ4n) is 2.69. The van der Waals surface area contributed by atoms with Crippen molar-refractivity contribution in [1.82, 2.24) is 9.55 Å². The van der Waals surface area contributed by atoms with Crippen molar-refractivity contribution in [2.45, 2.75) is 23.9 Å². The SMILES string of the molecule is COCC(C)n1c(SCc2ccccc2F)nc2ccccc2c1=O. The van der Waals surface area contributed by atoms with E-state index < -0.39 is 0 Å². The number of rotatable bonds is 6. The van der Waals surface area contributed by atoms with Crippen LogP contribution in [-0.4, -0.2) is 23.3 Å². The van der Waals surface area contributed by atoms with Gasteiger partial charge in [-0.1, -0.05) is 42.1 Å². The summed E-state index contributed by atoms with van der Waals surface area (Å²) in [6, 6.07) is 13.7. The fourth-order valence-corrected chi connectivity index (χ4v) is 3.77. The molecule has 1 unspecified atom stereocenters. The maximum atomic E-state index is 13.9. The van der Waals surface area contributed by atoms with E-state index in [2.05, 4.69) is 4.98 Å². The maximum Gasteiger partial charge on any atom is 0.262 e. The van der Waals surface area contributed by atoms with Crippen LogP contribution >= 0.6 is 11.8 Å². The molecule has 3 rings (SSSR count). The van der Waals surface area contributed by atoms with Gasteiger partial charge in [0.15, 0.2) is 5.16 Å². The molecule has 4 nitrogen and oxygen atoms in total. The average molecular weight is 358 g/mol. The highest BCUT2D eigenvalue weighted by molar-refractivity contribution is 7.98. The Labute approximate surface area is 149 Å². The van der Waals surface area contributed by atoms with Crippen LogP contribution in [0.2, 0.25) is 0 Å². The first-order valence-corrected chi connectivity index (χ1v) is 8.96. The molecule has 0 saturated carbocycles. The van der Waals surface area contributed by atoms with Crippen LogP contribution in [-0.2, 0) is 10.5 Å². The van der Waals surface area contributed by atoms with Crippen molar-refractivity contribution in [3.63, 3.8) is 0 Å². The van der Waals surface area contributed by atoms with E-state index in [-0.39, 0.29) is 17.4 Å². The topological polar surface area (TPSA) is 44.1 Å². The molecule has 2 aromatic carbocycles. The summed E-state index contributed by atoms with van der Waals surface area (Å²) >= 11 is 1.35. The van der Waals surface area contributed by atoms with E-state index in [4.69, 9.17) is 4.74 Å². The summed E-state index contributed by atoms with van der Waals surface area (Å²) in [7, 11) is 1.60. The van der Waals surface area contributed by atoms with Crippen LogP contribution < -0.4 is 5.56 Å². The number of hydrogen-bond acceptors (Lipinski definition) is 4. The summed E-state index contributed by atoms with van der Waals surface area (Å²) in [6.07, 6.45) is 0. The second-order valence-corrected chi connectivity index (χ2v) is 6.71. The Balaban J connectivity index is 2.04. The number of nitrogens with zero attached hydrogens (tertiary/aromatic N) is 2. The minimum absolute atomic E-state index is 0.105. The molecule has 0 bridgehead atoms. The predicted molar refractivity (Wildman–Crippen MR) is 98.6 cm³/mol. The second-order valence-electron chi connectivity index (χ2n) is 5.77. The normalized spacial score (nSPS) is 12.4. The smallest absolute Gasteiger partial charge is 0.262 e. The molecule has 6 heteroatoms. The van der Waals surface area contributed by atoms with Gasteiger partial charge in [0, 0.05) is 12.9 Å². The van der Waals surface area contributed by atoms with Gasteiger partial charge in [0.25, 0.3) is 5.56 Å². The van der Waals surface area contributed by atoms with Gasteiger partial charge in [-0.05, 0) is 30.7 Å². The standard InChI is InChI=1S/C19H19FN2O2S/c1-13(11-24-2)22-18(23)15-8-4-6-10-17(15)21-19(22)25-12-14-7-3-5-9-16(14)20/h3-10,13H,11-12H2,1-2H3. The third-order valence-corrected chi connectivity index (χ3v) is 4.94. The predicted octanol–water partition coefficient (Wildman–Crippen LogP) is 4.04. The number of benzene rings is 2.